The van der Waals surface area contributed by atoms with Gasteiger partial charge in [0, 0.05) is 30.9 Å². The van der Waals surface area contributed by atoms with E-state index in [0.717, 1.165) is 23.5 Å². The monoisotopic (exact) mass is 452 g/mol. The Morgan fingerprint density at radius 2 is 1.84 bits per heavy atom. The summed E-state index contributed by atoms with van der Waals surface area (Å²) in [6.07, 6.45) is 6.92. The smallest absolute Gasteiger partial charge is 0.253 e. The van der Waals surface area contributed by atoms with E-state index in [4.69, 9.17) is 0 Å². The number of rotatable bonds is 8. The molecule has 3 aromatic rings. The molecule has 0 atom stereocenters. The first-order chi connectivity index (χ1) is 15.5. The van der Waals surface area contributed by atoms with Gasteiger partial charge in [0.2, 0.25) is 11.1 Å². The van der Waals surface area contributed by atoms with Crippen molar-refractivity contribution in [2.75, 3.05) is 19.3 Å². The van der Waals surface area contributed by atoms with E-state index >= 15 is 0 Å². The highest BCUT2D eigenvalue weighted by Crippen LogP contribution is 2.19. The van der Waals surface area contributed by atoms with Crippen molar-refractivity contribution in [2.24, 2.45) is 0 Å². The van der Waals surface area contributed by atoms with Gasteiger partial charge in [-0.3, -0.25) is 9.69 Å². The van der Waals surface area contributed by atoms with E-state index < -0.39 is 0 Å². The fourth-order valence-electron chi connectivity index (χ4n) is 4.40. The lowest BCUT2D eigenvalue weighted by molar-refractivity contribution is -0.121. The third-order valence-electron chi connectivity index (χ3n) is 6.25. The van der Waals surface area contributed by atoms with Gasteiger partial charge in [0.15, 0.2) is 0 Å². The molecule has 0 bridgehead atoms. The Hall–Kier alpha value is -2.45. The number of amides is 1. The number of carbonyl (C=O) groups excluding carboxylic acids is 1. The molecule has 0 aliphatic carbocycles. The van der Waals surface area contributed by atoms with E-state index in [2.05, 4.69) is 49.5 Å². The summed E-state index contributed by atoms with van der Waals surface area (Å²) in [7, 11) is 0. The minimum atomic E-state index is 0.0556. The van der Waals surface area contributed by atoms with Crippen molar-refractivity contribution in [1.29, 1.82) is 0 Å². The SMILES string of the molecule is CSc1nc2nc(C)c(CCC(=O)NCc3ccccc3CN3CCCCC3)c(C)n2n1. The number of thioether (sulfide) groups is 1. The van der Waals surface area contributed by atoms with Crippen molar-refractivity contribution >= 4 is 23.4 Å². The van der Waals surface area contributed by atoms with E-state index in [1.807, 2.05) is 20.1 Å². The predicted octanol–water partition coefficient (Wildman–Crippen LogP) is 3.70. The number of nitrogens with zero attached hydrogens (tertiary/aromatic N) is 5. The maximum absolute atomic E-state index is 12.6. The minimum Gasteiger partial charge on any atom is -0.352 e. The molecular formula is C24H32N6OS. The van der Waals surface area contributed by atoms with Crippen LogP contribution in [-0.4, -0.2) is 49.7 Å². The fraction of sp³-hybridized carbons (Fsp3) is 0.500. The molecule has 1 aliphatic rings. The summed E-state index contributed by atoms with van der Waals surface area (Å²) in [6, 6.07) is 8.45. The largest absolute Gasteiger partial charge is 0.352 e. The average Bonchev–Trinajstić information content (AvgIpc) is 3.22. The van der Waals surface area contributed by atoms with Crippen molar-refractivity contribution in [3.05, 3.63) is 52.3 Å². The molecule has 0 radical (unpaired) electrons. The summed E-state index contributed by atoms with van der Waals surface area (Å²) in [4.78, 5) is 24.2. The van der Waals surface area contributed by atoms with Crippen LogP contribution in [0.25, 0.3) is 5.78 Å². The number of aromatic nitrogens is 4. The van der Waals surface area contributed by atoms with Crippen LogP contribution in [0.5, 0.6) is 0 Å². The molecule has 4 rings (SSSR count). The number of fused-ring (bicyclic) bond motifs is 1. The summed E-state index contributed by atoms with van der Waals surface area (Å²) in [5.74, 6) is 0.669. The Balaban J connectivity index is 1.36. The van der Waals surface area contributed by atoms with Gasteiger partial charge in [-0.1, -0.05) is 42.4 Å². The van der Waals surface area contributed by atoms with Gasteiger partial charge in [0.25, 0.3) is 5.78 Å². The van der Waals surface area contributed by atoms with Crippen LogP contribution in [-0.2, 0) is 24.3 Å². The standard InChI is InChI=1S/C24H32N6OS/c1-17-21(18(2)30-23(26-17)27-24(28-30)32-3)11-12-22(31)25-15-19-9-5-6-10-20(19)16-29-13-7-4-8-14-29/h5-6,9-10H,4,7-8,11-16H2,1-3H3,(H,25,31). The molecule has 3 heterocycles. The highest BCUT2D eigenvalue weighted by atomic mass is 32.2. The number of benzene rings is 1. The highest BCUT2D eigenvalue weighted by molar-refractivity contribution is 7.98. The van der Waals surface area contributed by atoms with Crippen LogP contribution in [0, 0.1) is 13.8 Å². The van der Waals surface area contributed by atoms with Crippen LogP contribution >= 0.6 is 11.8 Å². The molecule has 1 fully saturated rings. The third-order valence-corrected chi connectivity index (χ3v) is 6.79. The third kappa shape index (κ3) is 5.30. The minimum absolute atomic E-state index is 0.0556. The summed E-state index contributed by atoms with van der Waals surface area (Å²) >= 11 is 1.50. The number of piperidine rings is 1. The van der Waals surface area contributed by atoms with Gasteiger partial charge in [-0.25, -0.2) is 9.50 Å². The van der Waals surface area contributed by atoms with E-state index in [9.17, 15) is 4.79 Å². The van der Waals surface area contributed by atoms with Gasteiger partial charge in [-0.15, -0.1) is 5.10 Å². The van der Waals surface area contributed by atoms with Gasteiger partial charge in [0.05, 0.1) is 0 Å². The Kier molecular flexibility index (Phi) is 7.42. The van der Waals surface area contributed by atoms with Crippen molar-refractivity contribution in [2.45, 2.75) is 64.2 Å². The molecule has 2 aromatic heterocycles. The Morgan fingerprint density at radius 3 is 2.59 bits per heavy atom. The van der Waals surface area contributed by atoms with E-state index in [-0.39, 0.29) is 5.91 Å². The predicted molar refractivity (Wildman–Crippen MR) is 128 cm³/mol. The fourth-order valence-corrected chi connectivity index (χ4v) is 4.74. The zero-order valence-corrected chi connectivity index (χ0v) is 20.0. The number of nitrogens with one attached hydrogen (secondary N) is 1. The summed E-state index contributed by atoms with van der Waals surface area (Å²) in [5.41, 5.74) is 5.49. The lowest BCUT2D eigenvalue weighted by atomic mass is 10.0. The quantitative estimate of drug-likeness (QED) is 0.525. The molecule has 1 aromatic carbocycles. The van der Waals surface area contributed by atoms with Crippen molar-refractivity contribution in [1.82, 2.24) is 29.8 Å². The van der Waals surface area contributed by atoms with E-state index in [1.165, 1.54) is 55.2 Å². The molecule has 8 heteroatoms. The highest BCUT2D eigenvalue weighted by Gasteiger charge is 2.15. The number of aryl methyl sites for hydroxylation is 2. The topological polar surface area (TPSA) is 75.4 Å². The second-order valence-corrected chi connectivity index (χ2v) is 9.23. The maximum atomic E-state index is 12.6. The van der Waals surface area contributed by atoms with Crippen LogP contribution in [0.3, 0.4) is 0 Å². The molecule has 32 heavy (non-hydrogen) atoms. The zero-order chi connectivity index (χ0) is 22.5. The average molecular weight is 453 g/mol. The van der Waals surface area contributed by atoms with Gasteiger partial charge in [-0.05, 0) is 69.1 Å². The molecular weight excluding hydrogens is 420 g/mol. The van der Waals surface area contributed by atoms with E-state index in [0.29, 0.717) is 30.3 Å². The Bertz CT molecular complexity index is 1090. The molecule has 1 saturated heterocycles. The number of hydrogen-bond donors (Lipinski definition) is 1. The number of carbonyl (C=O) groups is 1. The van der Waals surface area contributed by atoms with Gasteiger partial charge < -0.3 is 5.32 Å². The Labute approximate surface area is 194 Å². The van der Waals surface area contributed by atoms with Gasteiger partial charge in [-0.2, -0.15) is 4.98 Å². The molecule has 170 valence electrons. The lowest BCUT2D eigenvalue weighted by Gasteiger charge is -2.27. The summed E-state index contributed by atoms with van der Waals surface area (Å²) < 4.78 is 1.78. The second-order valence-electron chi connectivity index (χ2n) is 8.45. The number of hydrogen-bond acceptors (Lipinski definition) is 6. The van der Waals surface area contributed by atoms with Gasteiger partial charge >= 0.3 is 0 Å². The first-order valence-corrected chi connectivity index (χ1v) is 12.6. The summed E-state index contributed by atoms with van der Waals surface area (Å²) in [6.45, 7) is 7.86. The molecule has 0 spiro atoms. The van der Waals surface area contributed by atoms with Crippen LogP contribution in [0.4, 0.5) is 0 Å². The Morgan fingerprint density at radius 1 is 1.09 bits per heavy atom. The van der Waals surface area contributed by atoms with Crippen LogP contribution in [0.15, 0.2) is 29.4 Å². The molecule has 1 amide bonds. The lowest BCUT2D eigenvalue weighted by Crippen LogP contribution is -2.30. The van der Waals surface area contributed by atoms with Crippen molar-refractivity contribution in [3.8, 4) is 0 Å². The van der Waals surface area contributed by atoms with Gasteiger partial charge in [0.1, 0.15) is 0 Å². The number of likely N-dealkylation sites (tertiary alicyclic amines) is 1. The zero-order valence-electron chi connectivity index (χ0n) is 19.2. The molecule has 0 unspecified atom stereocenters. The van der Waals surface area contributed by atoms with Crippen molar-refractivity contribution < 1.29 is 4.79 Å². The molecule has 1 N–H and O–H groups in total. The first-order valence-electron chi connectivity index (χ1n) is 11.4. The molecule has 0 saturated carbocycles. The van der Waals surface area contributed by atoms with Crippen LogP contribution in [0.1, 0.15) is 53.8 Å². The second kappa shape index (κ2) is 10.4. The van der Waals surface area contributed by atoms with Crippen molar-refractivity contribution in [3.63, 3.8) is 0 Å². The maximum Gasteiger partial charge on any atom is 0.253 e. The molecule has 7 nitrogen and oxygen atoms in total. The van der Waals surface area contributed by atoms with E-state index in [1.54, 1.807) is 4.52 Å². The van der Waals surface area contributed by atoms with Crippen LogP contribution < -0.4 is 5.32 Å². The first kappa shape index (κ1) is 22.7. The summed E-state index contributed by atoms with van der Waals surface area (Å²) in [5, 5.41) is 8.32. The van der Waals surface area contributed by atoms with Crippen LogP contribution in [0.2, 0.25) is 0 Å². The molecule has 1 aliphatic heterocycles. The normalized spacial score (nSPS) is 14.7.